The summed E-state index contributed by atoms with van der Waals surface area (Å²) in [6, 6.07) is 13.5. The van der Waals surface area contributed by atoms with Crippen LogP contribution in [0.25, 0.3) is 0 Å². The second-order valence-electron chi connectivity index (χ2n) is 8.20. The molecule has 0 spiro atoms. The maximum absolute atomic E-state index is 13.2. The Morgan fingerprint density at radius 2 is 1.71 bits per heavy atom. The van der Waals surface area contributed by atoms with Gasteiger partial charge in [-0.25, -0.2) is 0 Å². The van der Waals surface area contributed by atoms with Crippen LogP contribution in [-0.2, 0) is 21.9 Å². The summed E-state index contributed by atoms with van der Waals surface area (Å²) < 4.78 is 5.30. The minimum atomic E-state index is -0.567. The van der Waals surface area contributed by atoms with Crippen LogP contribution in [0.1, 0.15) is 43.0 Å². The highest BCUT2D eigenvalue weighted by Gasteiger charge is 2.26. The van der Waals surface area contributed by atoms with Crippen LogP contribution in [0.2, 0.25) is 0 Å². The van der Waals surface area contributed by atoms with Gasteiger partial charge in [0, 0.05) is 18.3 Å². The van der Waals surface area contributed by atoms with Crippen LogP contribution in [0.3, 0.4) is 0 Å². The number of rotatable bonds is 10. The van der Waals surface area contributed by atoms with Gasteiger partial charge in [0.1, 0.15) is 11.8 Å². The van der Waals surface area contributed by atoms with E-state index in [0.717, 1.165) is 17.1 Å². The molecule has 2 aromatic rings. The Morgan fingerprint density at radius 1 is 1.03 bits per heavy atom. The summed E-state index contributed by atoms with van der Waals surface area (Å²) in [4.78, 5) is 27.5. The molecule has 0 radical (unpaired) electrons. The molecule has 1 atom stereocenters. The number of hydrogen-bond donors (Lipinski definition) is 1. The number of aryl methyl sites for hydroxylation is 2. The molecule has 168 valence electrons. The molecule has 0 fully saturated rings. The minimum Gasteiger partial charge on any atom is -0.497 e. The number of thioether (sulfide) groups is 1. The average Bonchev–Trinajstić information content (AvgIpc) is 2.70. The molecule has 0 saturated heterocycles. The number of nitrogens with zero attached hydrogens (tertiary/aromatic N) is 1. The van der Waals surface area contributed by atoms with Crippen molar-refractivity contribution >= 4 is 23.6 Å². The summed E-state index contributed by atoms with van der Waals surface area (Å²) in [5, 5.41) is 2.92. The van der Waals surface area contributed by atoms with Gasteiger partial charge in [0.05, 0.1) is 12.9 Å². The van der Waals surface area contributed by atoms with Crippen molar-refractivity contribution in [3.05, 3.63) is 64.7 Å². The van der Waals surface area contributed by atoms with Gasteiger partial charge in [-0.05, 0) is 57.9 Å². The SMILES string of the molecule is COc1cccc(CN(C(=O)CSCc2cc(C)cc(C)c2)[C@@H](C)C(=O)NC(C)C)c1. The molecule has 0 saturated carbocycles. The molecule has 0 aliphatic heterocycles. The smallest absolute Gasteiger partial charge is 0.242 e. The van der Waals surface area contributed by atoms with Gasteiger partial charge < -0.3 is 15.0 Å². The summed E-state index contributed by atoms with van der Waals surface area (Å²) in [7, 11) is 1.62. The maximum Gasteiger partial charge on any atom is 0.242 e. The van der Waals surface area contributed by atoms with Crippen LogP contribution in [0.5, 0.6) is 5.75 Å². The van der Waals surface area contributed by atoms with Crippen molar-refractivity contribution in [2.24, 2.45) is 0 Å². The Balaban J connectivity index is 2.11. The third-order valence-electron chi connectivity index (χ3n) is 4.86. The van der Waals surface area contributed by atoms with Crippen molar-refractivity contribution in [3.8, 4) is 5.75 Å². The molecule has 0 bridgehead atoms. The second kappa shape index (κ2) is 11.8. The molecule has 2 aromatic carbocycles. The third kappa shape index (κ3) is 7.94. The molecule has 1 N–H and O–H groups in total. The summed E-state index contributed by atoms with van der Waals surface area (Å²) in [6.45, 7) is 10.1. The predicted molar refractivity (Wildman–Crippen MR) is 128 cm³/mol. The Morgan fingerprint density at radius 3 is 2.32 bits per heavy atom. The fraction of sp³-hybridized carbons (Fsp3) is 0.440. The van der Waals surface area contributed by atoms with Gasteiger partial charge in [-0.1, -0.05) is 41.5 Å². The lowest BCUT2D eigenvalue weighted by Gasteiger charge is -2.29. The molecule has 0 heterocycles. The quantitative estimate of drug-likeness (QED) is 0.589. The van der Waals surface area contributed by atoms with Gasteiger partial charge in [0.2, 0.25) is 11.8 Å². The largest absolute Gasteiger partial charge is 0.497 e. The number of amides is 2. The molecule has 2 rings (SSSR count). The lowest BCUT2D eigenvalue weighted by atomic mass is 10.1. The van der Waals surface area contributed by atoms with Crippen LogP contribution in [-0.4, -0.2) is 41.7 Å². The second-order valence-corrected chi connectivity index (χ2v) is 9.19. The van der Waals surface area contributed by atoms with Gasteiger partial charge >= 0.3 is 0 Å². The molecule has 5 nitrogen and oxygen atoms in total. The molecule has 2 amide bonds. The van der Waals surface area contributed by atoms with Crippen molar-refractivity contribution in [2.45, 2.75) is 59.0 Å². The topological polar surface area (TPSA) is 58.6 Å². The minimum absolute atomic E-state index is 0.0163. The zero-order chi connectivity index (χ0) is 23.0. The van der Waals surface area contributed by atoms with E-state index >= 15 is 0 Å². The Labute approximate surface area is 190 Å². The van der Waals surface area contributed by atoms with E-state index in [1.54, 1.807) is 30.7 Å². The molecule has 0 aliphatic carbocycles. The number of benzene rings is 2. The van der Waals surface area contributed by atoms with E-state index in [4.69, 9.17) is 4.74 Å². The van der Waals surface area contributed by atoms with Crippen LogP contribution >= 0.6 is 11.8 Å². The molecule has 6 heteroatoms. The number of ether oxygens (including phenoxy) is 1. The average molecular weight is 443 g/mol. The normalized spacial score (nSPS) is 11.8. The monoisotopic (exact) mass is 442 g/mol. The summed E-state index contributed by atoms with van der Waals surface area (Å²) in [5.41, 5.74) is 4.58. The molecule has 31 heavy (non-hydrogen) atoms. The lowest BCUT2D eigenvalue weighted by molar-refractivity contribution is -0.138. The van der Waals surface area contributed by atoms with Crippen LogP contribution in [0.4, 0.5) is 0 Å². The number of carbonyl (C=O) groups is 2. The van der Waals surface area contributed by atoms with E-state index in [1.807, 2.05) is 38.1 Å². The van der Waals surface area contributed by atoms with Gasteiger partial charge in [0.15, 0.2) is 0 Å². The molecule has 0 aromatic heterocycles. The molecule has 0 unspecified atom stereocenters. The number of hydrogen-bond acceptors (Lipinski definition) is 4. The first-order valence-electron chi connectivity index (χ1n) is 10.6. The maximum atomic E-state index is 13.2. The Bertz CT molecular complexity index is 878. The number of carbonyl (C=O) groups excluding carboxylic acids is 2. The summed E-state index contributed by atoms with van der Waals surface area (Å²) in [5.74, 6) is 1.60. The van der Waals surface area contributed by atoms with Gasteiger partial charge in [0.25, 0.3) is 0 Å². The number of nitrogens with one attached hydrogen (secondary N) is 1. The molecular weight excluding hydrogens is 408 g/mol. The van der Waals surface area contributed by atoms with E-state index in [9.17, 15) is 9.59 Å². The van der Waals surface area contributed by atoms with Crippen LogP contribution in [0.15, 0.2) is 42.5 Å². The lowest BCUT2D eigenvalue weighted by Crippen LogP contribution is -2.49. The van der Waals surface area contributed by atoms with E-state index in [-0.39, 0.29) is 17.9 Å². The van der Waals surface area contributed by atoms with Crippen molar-refractivity contribution in [2.75, 3.05) is 12.9 Å². The highest BCUT2D eigenvalue weighted by atomic mass is 32.2. The first kappa shape index (κ1) is 24.8. The fourth-order valence-corrected chi connectivity index (χ4v) is 4.29. The standard InChI is InChI=1S/C25H34N2O3S/c1-17(2)26-25(29)20(5)27(14-21-8-7-9-23(13-21)30-6)24(28)16-31-15-22-11-18(3)10-19(4)12-22/h7-13,17,20H,14-16H2,1-6H3,(H,26,29)/t20-/m0/s1. The summed E-state index contributed by atoms with van der Waals surface area (Å²) in [6.07, 6.45) is 0. The number of methoxy groups -OCH3 is 1. The highest BCUT2D eigenvalue weighted by molar-refractivity contribution is 7.99. The van der Waals surface area contributed by atoms with Crippen molar-refractivity contribution in [3.63, 3.8) is 0 Å². The van der Waals surface area contributed by atoms with E-state index in [0.29, 0.717) is 12.3 Å². The molecule has 0 aliphatic rings. The fourth-order valence-electron chi connectivity index (χ4n) is 3.45. The van der Waals surface area contributed by atoms with Crippen LogP contribution in [0, 0.1) is 13.8 Å². The Hall–Kier alpha value is -2.47. The Kier molecular flexibility index (Phi) is 9.44. The van der Waals surface area contributed by atoms with E-state index in [2.05, 4.69) is 37.4 Å². The zero-order valence-corrected chi connectivity index (χ0v) is 20.2. The van der Waals surface area contributed by atoms with Crippen molar-refractivity contribution < 1.29 is 14.3 Å². The van der Waals surface area contributed by atoms with E-state index in [1.165, 1.54) is 16.7 Å². The molecular formula is C25H34N2O3S. The van der Waals surface area contributed by atoms with Crippen LogP contribution < -0.4 is 10.1 Å². The first-order chi connectivity index (χ1) is 14.7. The predicted octanol–water partition coefficient (Wildman–Crippen LogP) is 4.49. The third-order valence-corrected chi connectivity index (χ3v) is 5.85. The zero-order valence-electron chi connectivity index (χ0n) is 19.4. The summed E-state index contributed by atoms with van der Waals surface area (Å²) >= 11 is 1.57. The van der Waals surface area contributed by atoms with Crippen molar-refractivity contribution in [1.29, 1.82) is 0 Å². The van der Waals surface area contributed by atoms with Gasteiger partial charge in [-0.15, -0.1) is 11.8 Å². The van der Waals surface area contributed by atoms with Gasteiger partial charge in [-0.2, -0.15) is 0 Å². The van der Waals surface area contributed by atoms with Gasteiger partial charge in [-0.3, -0.25) is 9.59 Å². The highest BCUT2D eigenvalue weighted by Crippen LogP contribution is 2.19. The first-order valence-corrected chi connectivity index (χ1v) is 11.7. The van der Waals surface area contributed by atoms with Crippen molar-refractivity contribution in [1.82, 2.24) is 10.2 Å². The van der Waals surface area contributed by atoms with E-state index < -0.39 is 6.04 Å².